The van der Waals surface area contributed by atoms with E-state index in [1.165, 1.54) is 16.7 Å². The van der Waals surface area contributed by atoms with E-state index in [1.54, 1.807) is 13.3 Å². The normalized spacial score (nSPS) is 16.0. The van der Waals surface area contributed by atoms with Crippen molar-refractivity contribution in [2.24, 2.45) is 5.16 Å². The zero-order chi connectivity index (χ0) is 15.5. The second kappa shape index (κ2) is 6.06. The lowest BCUT2D eigenvalue weighted by Gasteiger charge is -2.18. The van der Waals surface area contributed by atoms with Gasteiger partial charge >= 0.3 is 0 Å². The van der Waals surface area contributed by atoms with Gasteiger partial charge in [-0.25, -0.2) is 0 Å². The predicted octanol–water partition coefficient (Wildman–Crippen LogP) is 3.89. The van der Waals surface area contributed by atoms with Crippen molar-refractivity contribution >= 4 is 18.0 Å². The first-order valence-corrected chi connectivity index (χ1v) is 7.35. The molecule has 0 spiro atoms. The van der Waals surface area contributed by atoms with Crippen molar-refractivity contribution in [2.45, 2.75) is 5.92 Å². The standard InChI is InChI=1S/C19H20N2O/c1-21(2)16-9-11-18(15(12-16)13-20-22-3)19-10-8-14-6-4-5-7-17(14)19/h4-13,19H,1-3H3. The fourth-order valence-corrected chi connectivity index (χ4v) is 2.87. The maximum Gasteiger partial charge on any atom is 0.106 e. The van der Waals surface area contributed by atoms with Gasteiger partial charge in [0.05, 0.1) is 6.21 Å². The first-order chi connectivity index (χ1) is 10.7. The second-order valence-electron chi connectivity index (χ2n) is 5.59. The lowest BCUT2D eigenvalue weighted by Crippen LogP contribution is -2.10. The molecular formula is C19H20N2O. The molecule has 0 amide bonds. The molecule has 2 aromatic carbocycles. The number of nitrogens with zero attached hydrogens (tertiary/aromatic N) is 2. The van der Waals surface area contributed by atoms with Gasteiger partial charge in [-0.1, -0.05) is 47.6 Å². The Hall–Kier alpha value is -2.55. The van der Waals surface area contributed by atoms with Gasteiger partial charge in [0.15, 0.2) is 0 Å². The van der Waals surface area contributed by atoms with Crippen LogP contribution >= 0.6 is 0 Å². The summed E-state index contributed by atoms with van der Waals surface area (Å²) in [7, 11) is 5.64. The SMILES string of the molecule is CON=Cc1cc(N(C)C)ccc1C1C=Cc2ccccc21. The van der Waals surface area contributed by atoms with Crippen LogP contribution in [0.1, 0.15) is 28.2 Å². The molecule has 3 rings (SSSR count). The average Bonchev–Trinajstić information content (AvgIpc) is 2.96. The van der Waals surface area contributed by atoms with Crippen molar-refractivity contribution in [3.8, 4) is 0 Å². The maximum atomic E-state index is 4.87. The number of anilines is 1. The molecule has 1 unspecified atom stereocenters. The summed E-state index contributed by atoms with van der Waals surface area (Å²) in [5.41, 5.74) is 6.11. The summed E-state index contributed by atoms with van der Waals surface area (Å²) < 4.78 is 0. The molecule has 22 heavy (non-hydrogen) atoms. The van der Waals surface area contributed by atoms with E-state index in [2.05, 4.69) is 64.7 Å². The number of fused-ring (bicyclic) bond motifs is 1. The highest BCUT2D eigenvalue weighted by molar-refractivity contribution is 5.85. The smallest absolute Gasteiger partial charge is 0.106 e. The first-order valence-electron chi connectivity index (χ1n) is 7.35. The fraction of sp³-hybridized carbons (Fsp3) is 0.211. The molecule has 3 nitrogen and oxygen atoms in total. The number of oxime groups is 1. The van der Waals surface area contributed by atoms with E-state index in [0.29, 0.717) is 0 Å². The Balaban J connectivity index is 2.07. The van der Waals surface area contributed by atoms with E-state index in [1.807, 2.05) is 14.1 Å². The monoisotopic (exact) mass is 292 g/mol. The minimum absolute atomic E-state index is 0.269. The number of hydrogen-bond acceptors (Lipinski definition) is 3. The third-order valence-electron chi connectivity index (χ3n) is 4.02. The maximum absolute atomic E-state index is 4.87. The summed E-state index contributed by atoms with van der Waals surface area (Å²) >= 11 is 0. The van der Waals surface area contributed by atoms with Crippen LogP contribution in [0.3, 0.4) is 0 Å². The summed E-state index contributed by atoms with van der Waals surface area (Å²) in [4.78, 5) is 6.96. The van der Waals surface area contributed by atoms with Gasteiger partial charge in [0, 0.05) is 31.3 Å². The molecule has 0 fully saturated rings. The molecule has 0 aromatic heterocycles. The van der Waals surface area contributed by atoms with Crippen LogP contribution in [0.4, 0.5) is 5.69 Å². The van der Waals surface area contributed by atoms with Crippen LogP contribution < -0.4 is 4.90 Å². The van der Waals surface area contributed by atoms with Gasteiger partial charge in [0.1, 0.15) is 7.11 Å². The van der Waals surface area contributed by atoms with Crippen LogP contribution in [0, 0.1) is 0 Å². The lowest BCUT2D eigenvalue weighted by molar-refractivity contribution is 0.215. The van der Waals surface area contributed by atoms with E-state index < -0.39 is 0 Å². The van der Waals surface area contributed by atoms with Crippen molar-refractivity contribution < 1.29 is 4.84 Å². The second-order valence-corrected chi connectivity index (χ2v) is 5.59. The lowest BCUT2D eigenvalue weighted by atomic mass is 9.89. The molecular weight excluding hydrogens is 272 g/mol. The third kappa shape index (κ3) is 2.62. The Morgan fingerprint density at radius 1 is 1.09 bits per heavy atom. The number of rotatable bonds is 4. The highest BCUT2D eigenvalue weighted by Crippen LogP contribution is 2.37. The van der Waals surface area contributed by atoms with Crippen LogP contribution in [-0.4, -0.2) is 27.4 Å². The molecule has 0 radical (unpaired) electrons. The molecule has 1 aliphatic rings. The molecule has 1 atom stereocenters. The molecule has 112 valence electrons. The Labute approximate surface area is 131 Å². The van der Waals surface area contributed by atoms with Gasteiger partial charge in [-0.2, -0.15) is 0 Å². The van der Waals surface area contributed by atoms with E-state index in [0.717, 1.165) is 11.3 Å². The number of benzene rings is 2. The van der Waals surface area contributed by atoms with Gasteiger partial charge in [-0.15, -0.1) is 0 Å². The fourth-order valence-electron chi connectivity index (χ4n) is 2.87. The van der Waals surface area contributed by atoms with Crippen LogP contribution in [0.25, 0.3) is 6.08 Å². The van der Waals surface area contributed by atoms with Crippen molar-refractivity contribution in [3.05, 3.63) is 70.8 Å². The molecule has 0 saturated heterocycles. The third-order valence-corrected chi connectivity index (χ3v) is 4.02. The Morgan fingerprint density at radius 3 is 2.68 bits per heavy atom. The van der Waals surface area contributed by atoms with Gasteiger partial charge in [-0.05, 0) is 28.8 Å². The van der Waals surface area contributed by atoms with Gasteiger partial charge < -0.3 is 9.74 Å². The highest BCUT2D eigenvalue weighted by atomic mass is 16.6. The quantitative estimate of drug-likeness (QED) is 0.631. The van der Waals surface area contributed by atoms with Crippen LogP contribution in [0.2, 0.25) is 0 Å². The zero-order valence-electron chi connectivity index (χ0n) is 13.2. The summed E-state index contributed by atoms with van der Waals surface area (Å²) in [5, 5.41) is 3.96. The van der Waals surface area contributed by atoms with Crippen molar-refractivity contribution in [1.82, 2.24) is 0 Å². The molecule has 1 aliphatic carbocycles. The van der Waals surface area contributed by atoms with E-state index in [4.69, 9.17) is 4.84 Å². The molecule has 2 aromatic rings. The molecule has 0 saturated carbocycles. The highest BCUT2D eigenvalue weighted by Gasteiger charge is 2.21. The van der Waals surface area contributed by atoms with Crippen LogP contribution in [0.15, 0.2) is 53.7 Å². The van der Waals surface area contributed by atoms with Gasteiger partial charge in [-0.3, -0.25) is 0 Å². The molecule has 0 aliphatic heterocycles. The van der Waals surface area contributed by atoms with Crippen molar-refractivity contribution in [2.75, 3.05) is 26.1 Å². The predicted molar refractivity (Wildman–Crippen MR) is 92.7 cm³/mol. The Bertz CT molecular complexity index is 732. The van der Waals surface area contributed by atoms with Crippen molar-refractivity contribution in [1.29, 1.82) is 0 Å². The Kier molecular flexibility index (Phi) is 3.96. The van der Waals surface area contributed by atoms with E-state index in [-0.39, 0.29) is 5.92 Å². The van der Waals surface area contributed by atoms with Gasteiger partial charge in [0.2, 0.25) is 0 Å². The number of allylic oxidation sites excluding steroid dienone is 1. The van der Waals surface area contributed by atoms with Crippen molar-refractivity contribution in [3.63, 3.8) is 0 Å². The van der Waals surface area contributed by atoms with Gasteiger partial charge in [0.25, 0.3) is 0 Å². The van der Waals surface area contributed by atoms with Crippen LogP contribution in [-0.2, 0) is 4.84 Å². The molecule has 3 heteroatoms. The van der Waals surface area contributed by atoms with Crippen LogP contribution in [0.5, 0.6) is 0 Å². The first kappa shape index (κ1) is 14.4. The number of hydrogen-bond donors (Lipinski definition) is 0. The topological polar surface area (TPSA) is 24.8 Å². The largest absolute Gasteiger partial charge is 0.399 e. The minimum Gasteiger partial charge on any atom is -0.399 e. The molecule has 0 bridgehead atoms. The minimum atomic E-state index is 0.269. The molecule has 0 heterocycles. The zero-order valence-corrected chi connectivity index (χ0v) is 13.2. The van der Waals surface area contributed by atoms with E-state index >= 15 is 0 Å². The average molecular weight is 292 g/mol. The van der Waals surface area contributed by atoms with E-state index in [9.17, 15) is 0 Å². The summed E-state index contributed by atoms with van der Waals surface area (Å²) in [6, 6.07) is 15.0. The summed E-state index contributed by atoms with van der Waals surface area (Å²) in [6.45, 7) is 0. The summed E-state index contributed by atoms with van der Waals surface area (Å²) in [5.74, 6) is 0.269. The summed E-state index contributed by atoms with van der Waals surface area (Å²) in [6.07, 6.45) is 6.23. The molecule has 0 N–H and O–H groups in total. The Morgan fingerprint density at radius 2 is 1.91 bits per heavy atom.